The number of nitrogens with one attached hydrogen (secondary N) is 1. The molecule has 3 heteroatoms. The molecule has 3 rings (SSSR count). The summed E-state index contributed by atoms with van der Waals surface area (Å²) in [5, 5.41) is 4.37. The maximum absolute atomic E-state index is 6.41. The lowest BCUT2D eigenvalue weighted by Crippen LogP contribution is -2.34. The molecule has 0 radical (unpaired) electrons. The summed E-state index contributed by atoms with van der Waals surface area (Å²) in [6.45, 7) is 4.20. The van der Waals surface area contributed by atoms with Crippen molar-refractivity contribution >= 4 is 11.6 Å². The summed E-state index contributed by atoms with van der Waals surface area (Å²) >= 11 is 6.41. The van der Waals surface area contributed by atoms with E-state index in [2.05, 4.69) is 35.4 Å². The summed E-state index contributed by atoms with van der Waals surface area (Å²) in [4.78, 5) is 4.32. The van der Waals surface area contributed by atoms with Gasteiger partial charge < -0.3 is 5.32 Å². The predicted octanol–water partition coefficient (Wildman–Crippen LogP) is 3.90. The van der Waals surface area contributed by atoms with Gasteiger partial charge in [-0.3, -0.25) is 4.98 Å². The minimum absolute atomic E-state index is 0.417. The van der Waals surface area contributed by atoms with Crippen LogP contribution in [0.4, 0.5) is 0 Å². The minimum Gasteiger partial charge on any atom is -0.316 e. The molecule has 2 atom stereocenters. The number of aryl methyl sites for hydroxylation is 1. The minimum atomic E-state index is 0.417. The number of aromatic nitrogens is 1. The number of hydrogen-bond acceptors (Lipinski definition) is 2. The van der Waals surface area contributed by atoms with Crippen LogP contribution in [0.15, 0.2) is 42.7 Å². The van der Waals surface area contributed by atoms with Gasteiger partial charge in [-0.1, -0.05) is 29.8 Å². The van der Waals surface area contributed by atoms with Gasteiger partial charge in [0.2, 0.25) is 0 Å². The van der Waals surface area contributed by atoms with Gasteiger partial charge in [0, 0.05) is 29.9 Å². The van der Waals surface area contributed by atoms with Crippen LogP contribution in [0.2, 0.25) is 5.02 Å². The summed E-state index contributed by atoms with van der Waals surface area (Å²) in [7, 11) is 0. The van der Waals surface area contributed by atoms with Gasteiger partial charge in [-0.05, 0) is 54.6 Å². The van der Waals surface area contributed by atoms with Crippen LogP contribution < -0.4 is 5.32 Å². The number of benzene rings is 1. The Labute approximate surface area is 125 Å². The van der Waals surface area contributed by atoms with Crippen molar-refractivity contribution in [2.24, 2.45) is 0 Å². The normalized spacial score (nSPS) is 22.7. The fourth-order valence-corrected chi connectivity index (χ4v) is 3.47. The quantitative estimate of drug-likeness (QED) is 0.905. The number of piperidine rings is 1. The highest BCUT2D eigenvalue weighted by atomic mass is 35.5. The van der Waals surface area contributed by atoms with E-state index in [9.17, 15) is 0 Å². The van der Waals surface area contributed by atoms with E-state index in [1.165, 1.54) is 16.7 Å². The Bertz CT molecular complexity index is 544. The molecule has 1 fully saturated rings. The molecule has 1 aliphatic rings. The molecule has 0 aliphatic carbocycles. The molecule has 1 saturated heterocycles. The number of halogens is 1. The molecular weight excluding hydrogens is 268 g/mol. The zero-order chi connectivity index (χ0) is 13.9. The maximum Gasteiger partial charge on any atom is 0.0441 e. The molecule has 0 spiro atoms. The van der Waals surface area contributed by atoms with Gasteiger partial charge in [-0.25, -0.2) is 0 Å². The summed E-state index contributed by atoms with van der Waals surface area (Å²) in [6, 6.07) is 10.3. The first-order valence-corrected chi connectivity index (χ1v) is 7.51. The van der Waals surface area contributed by atoms with Crippen molar-refractivity contribution in [2.45, 2.75) is 25.2 Å². The Kier molecular flexibility index (Phi) is 4.04. The molecule has 0 bridgehead atoms. The van der Waals surface area contributed by atoms with E-state index < -0.39 is 0 Å². The van der Waals surface area contributed by atoms with Crippen LogP contribution in [0.25, 0.3) is 0 Å². The topological polar surface area (TPSA) is 24.9 Å². The second-order valence-corrected chi connectivity index (χ2v) is 5.87. The molecule has 1 aromatic heterocycles. The Morgan fingerprint density at radius 3 is 2.80 bits per heavy atom. The van der Waals surface area contributed by atoms with Crippen LogP contribution in [0.3, 0.4) is 0 Å². The van der Waals surface area contributed by atoms with E-state index in [1.54, 1.807) is 0 Å². The average molecular weight is 287 g/mol. The first kappa shape index (κ1) is 13.6. The third kappa shape index (κ3) is 2.58. The summed E-state index contributed by atoms with van der Waals surface area (Å²) in [5.74, 6) is 0.908. The predicted molar refractivity (Wildman–Crippen MR) is 83.4 cm³/mol. The Morgan fingerprint density at radius 1 is 1.15 bits per heavy atom. The largest absolute Gasteiger partial charge is 0.316 e. The first-order chi connectivity index (χ1) is 9.77. The molecule has 2 unspecified atom stereocenters. The summed E-state index contributed by atoms with van der Waals surface area (Å²) < 4.78 is 0. The molecule has 104 valence electrons. The summed E-state index contributed by atoms with van der Waals surface area (Å²) in [5.41, 5.74) is 3.93. The number of pyridine rings is 1. The molecule has 1 N–H and O–H groups in total. The van der Waals surface area contributed by atoms with Crippen molar-refractivity contribution in [3.8, 4) is 0 Å². The molecular formula is C17H19ClN2. The van der Waals surface area contributed by atoms with Gasteiger partial charge in [-0.15, -0.1) is 0 Å². The van der Waals surface area contributed by atoms with Crippen LogP contribution >= 0.6 is 11.6 Å². The first-order valence-electron chi connectivity index (χ1n) is 7.13. The fourth-order valence-electron chi connectivity index (χ4n) is 3.20. The third-order valence-corrected chi connectivity index (χ3v) is 4.61. The van der Waals surface area contributed by atoms with Crippen LogP contribution in [-0.4, -0.2) is 18.1 Å². The molecule has 1 aliphatic heterocycles. The van der Waals surface area contributed by atoms with E-state index in [1.807, 2.05) is 24.5 Å². The number of hydrogen-bond donors (Lipinski definition) is 1. The van der Waals surface area contributed by atoms with Crippen molar-refractivity contribution < 1.29 is 0 Å². The van der Waals surface area contributed by atoms with Crippen LogP contribution in [0, 0.1) is 6.92 Å². The molecule has 0 amide bonds. The molecule has 0 saturated carbocycles. The van der Waals surface area contributed by atoms with Crippen molar-refractivity contribution in [1.82, 2.24) is 10.3 Å². The van der Waals surface area contributed by atoms with Gasteiger partial charge in [0.05, 0.1) is 0 Å². The van der Waals surface area contributed by atoms with E-state index in [4.69, 9.17) is 11.6 Å². The average Bonchev–Trinajstić information content (AvgIpc) is 2.48. The van der Waals surface area contributed by atoms with E-state index >= 15 is 0 Å². The standard InChI is InChI=1S/C17H19ClN2/c1-12-6-8-19-10-15(12)13-7-9-20-11-16(13)14-4-2-3-5-17(14)18/h2-6,8,10,13,16,20H,7,9,11H2,1H3. The zero-order valence-electron chi connectivity index (χ0n) is 11.6. The van der Waals surface area contributed by atoms with Crippen molar-refractivity contribution in [3.05, 3.63) is 64.4 Å². The van der Waals surface area contributed by atoms with E-state index in [-0.39, 0.29) is 0 Å². The second kappa shape index (κ2) is 5.94. The zero-order valence-corrected chi connectivity index (χ0v) is 12.4. The molecule has 2 aromatic rings. The Balaban J connectivity index is 2.00. The van der Waals surface area contributed by atoms with Gasteiger partial charge in [0.15, 0.2) is 0 Å². The lowest BCUT2D eigenvalue weighted by Gasteiger charge is -2.34. The molecule has 1 aromatic carbocycles. The van der Waals surface area contributed by atoms with Gasteiger partial charge in [-0.2, -0.15) is 0 Å². The molecule has 20 heavy (non-hydrogen) atoms. The van der Waals surface area contributed by atoms with Crippen LogP contribution in [-0.2, 0) is 0 Å². The maximum atomic E-state index is 6.41. The van der Waals surface area contributed by atoms with Crippen molar-refractivity contribution in [1.29, 1.82) is 0 Å². The highest BCUT2D eigenvalue weighted by Crippen LogP contribution is 2.40. The van der Waals surface area contributed by atoms with Gasteiger partial charge >= 0.3 is 0 Å². The van der Waals surface area contributed by atoms with Crippen molar-refractivity contribution in [3.63, 3.8) is 0 Å². The second-order valence-electron chi connectivity index (χ2n) is 5.46. The van der Waals surface area contributed by atoms with E-state index in [0.717, 1.165) is 24.5 Å². The lowest BCUT2D eigenvalue weighted by atomic mass is 9.76. The highest BCUT2D eigenvalue weighted by molar-refractivity contribution is 6.31. The fraction of sp³-hybridized carbons (Fsp3) is 0.353. The highest BCUT2D eigenvalue weighted by Gasteiger charge is 2.29. The monoisotopic (exact) mass is 286 g/mol. The molecule has 2 nitrogen and oxygen atoms in total. The smallest absolute Gasteiger partial charge is 0.0441 e. The van der Waals surface area contributed by atoms with Crippen LogP contribution in [0.1, 0.15) is 34.9 Å². The number of nitrogens with zero attached hydrogens (tertiary/aromatic N) is 1. The van der Waals surface area contributed by atoms with Crippen LogP contribution in [0.5, 0.6) is 0 Å². The Hall–Kier alpha value is -1.38. The Morgan fingerprint density at radius 2 is 2.00 bits per heavy atom. The van der Waals surface area contributed by atoms with Gasteiger partial charge in [0.1, 0.15) is 0 Å². The molecule has 2 heterocycles. The van der Waals surface area contributed by atoms with E-state index in [0.29, 0.717) is 11.8 Å². The SMILES string of the molecule is Cc1ccncc1C1CCNCC1c1ccccc1Cl. The number of rotatable bonds is 2. The third-order valence-electron chi connectivity index (χ3n) is 4.27. The summed E-state index contributed by atoms with van der Waals surface area (Å²) in [6.07, 6.45) is 5.02. The van der Waals surface area contributed by atoms with Crippen molar-refractivity contribution in [2.75, 3.05) is 13.1 Å². The van der Waals surface area contributed by atoms with Gasteiger partial charge in [0.25, 0.3) is 0 Å². The lowest BCUT2D eigenvalue weighted by molar-refractivity contribution is 0.402.